The molecule has 0 spiro atoms. The zero-order valence-electron chi connectivity index (χ0n) is 8.45. The summed E-state index contributed by atoms with van der Waals surface area (Å²) >= 11 is 0. The smallest absolute Gasteiger partial charge is 0.400 e. The molecule has 102 valence electrons. The van der Waals surface area contributed by atoms with Crippen molar-refractivity contribution in [2.45, 2.75) is 19.1 Å². The zero-order valence-corrected chi connectivity index (χ0v) is 8.45. The largest absolute Gasteiger partial charge is 0.573 e. The van der Waals surface area contributed by atoms with Crippen LogP contribution in [0.15, 0.2) is 10.9 Å². The number of ether oxygens (including phenoxy) is 1. The van der Waals surface area contributed by atoms with Crippen LogP contribution in [0.5, 0.6) is 5.75 Å². The molecule has 3 N–H and O–H groups in total. The molecular weight excluding hydrogens is 270 g/mol. The van der Waals surface area contributed by atoms with E-state index in [1.54, 1.807) is 4.98 Å². The van der Waals surface area contributed by atoms with E-state index in [1.165, 1.54) is 0 Å². The minimum Gasteiger partial charge on any atom is -0.400 e. The number of nitrogens with one attached hydrogen (secondary N) is 1. The van der Waals surface area contributed by atoms with Crippen molar-refractivity contribution in [3.05, 3.63) is 27.7 Å². The highest BCUT2D eigenvalue weighted by Gasteiger charge is 2.37. The second kappa shape index (κ2) is 4.52. The van der Waals surface area contributed by atoms with E-state index in [9.17, 15) is 31.1 Å². The molecule has 10 heteroatoms. The standard InChI is InChI=1S/C8H6F6N2O2/c9-7(10,11)3-1-5(18-8(12,13)14)6(17)16-4(3)2-15/h1H,2,15H2,(H,16,17). The van der Waals surface area contributed by atoms with Crippen molar-refractivity contribution in [2.75, 3.05) is 0 Å². The van der Waals surface area contributed by atoms with Crippen molar-refractivity contribution in [3.63, 3.8) is 0 Å². The van der Waals surface area contributed by atoms with Gasteiger partial charge in [-0.25, -0.2) is 0 Å². The molecule has 4 nitrogen and oxygen atoms in total. The van der Waals surface area contributed by atoms with Gasteiger partial charge in [0.15, 0.2) is 5.75 Å². The Morgan fingerprint density at radius 1 is 1.22 bits per heavy atom. The first kappa shape index (κ1) is 14.4. The molecule has 0 bridgehead atoms. The molecule has 18 heavy (non-hydrogen) atoms. The number of aromatic nitrogens is 1. The van der Waals surface area contributed by atoms with Crippen molar-refractivity contribution in [2.24, 2.45) is 5.73 Å². The first-order chi connectivity index (χ1) is 8.04. The monoisotopic (exact) mass is 276 g/mol. The molecule has 0 aliphatic heterocycles. The number of hydrogen-bond donors (Lipinski definition) is 2. The summed E-state index contributed by atoms with van der Waals surface area (Å²) in [5.41, 5.74) is 1.31. The third kappa shape index (κ3) is 3.39. The quantitative estimate of drug-likeness (QED) is 0.808. The molecule has 0 fully saturated rings. The molecule has 0 radical (unpaired) electrons. The van der Waals surface area contributed by atoms with Crippen LogP contribution in [0, 0.1) is 0 Å². The minimum absolute atomic E-state index is 0.0332. The van der Waals surface area contributed by atoms with Gasteiger partial charge in [-0.1, -0.05) is 0 Å². The lowest BCUT2D eigenvalue weighted by molar-refractivity contribution is -0.275. The van der Waals surface area contributed by atoms with Gasteiger partial charge in [-0.2, -0.15) is 13.2 Å². The van der Waals surface area contributed by atoms with Gasteiger partial charge in [-0.3, -0.25) is 4.79 Å². The van der Waals surface area contributed by atoms with Crippen LogP contribution in [-0.4, -0.2) is 11.3 Å². The molecule has 1 aromatic rings. The molecule has 0 unspecified atom stereocenters. The highest BCUT2D eigenvalue weighted by Crippen LogP contribution is 2.33. The molecule has 1 aromatic heterocycles. The minimum atomic E-state index is -5.26. The maximum absolute atomic E-state index is 12.5. The molecule has 0 saturated carbocycles. The van der Waals surface area contributed by atoms with Crippen LogP contribution in [0.3, 0.4) is 0 Å². The molecule has 0 aliphatic rings. The molecular formula is C8H6F6N2O2. The van der Waals surface area contributed by atoms with E-state index in [4.69, 9.17) is 5.73 Å². The predicted molar refractivity (Wildman–Crippen MR) is 46.6 cm³/mol. The molecule has 1 heterocycles. The second-order valence-electron chi connectivity index (χ2n) is 3.10. The Morgan fingerprint density at radius 3 is 2.17 bits per heavy atom. The van der Waals surface area contributed by atoms with Gasteiger partial charge in [0, 0.05) is 18.3 Å². The number of pyridine rings is 1. The highest BCUT2D eigenvalue weighted by atomic mass is 19.4. The maximum Gasteiger partial charge on any atom is 0.573 e. The lowest BCUT2D eigenvalue weighted by Gasteiger charge is -2.14. The SMILES string of the molecule is NCc1[nH]c(=O)c(OC(F)(F)F)cc1C(F)(F)F. The lowest BCUT2D eigenvalue weighted by Crippen LogP contribution is -2.26. The van der Waals surface area contributed by atoms with E-state index in [-0.39, 0.29) is 6.07 Å². The fraction of sp³-hybridized carbons (Fsp3) is 0.375. The summed E-state index contributed by atoms with van der Waals surface area (Å²) in [6.07, 6.45) is -10.2. The van der Waals surface area contributed by atoms with Crippen LogP contribution in [0.2, 0.25) is 0 Å². The van der Waals surface area contributed by atoms with Crippen molar-refractivity contribution in [3.8, 4) is 5.75 Å². The molecule has 0 saturated heterocycles. The Balaban J connectivity index is 3.36. The van der Waals surface area contributed by atoms with E-state index in [0.717, 1.165) is 0 Å². The zero-order chi connectivity index (χ0) is 14.1. The summed E-state index contributed by atoms with van der Waals surface area (Å²) < 4.78 is 76.1. The lowest BCUT2D eigenvalue weighted by atomic mass is 10.2. The number of hydrogen-bond acceptors (Lipinski definition) is 3. The number of H-pyrrole nitrogens is 1. The van der Waals surface area contributed by atoms with Gasteiger partial charge in [0.05, 0.1) is 5.56 Å². The molecule has 1 rings (SSSR count). The van der Waals surface area contributed by atoms with Crippen LogP contribution in [0.4, 0.5) is 26.3 Å². The van der Waals surface area contributed by atoms with Crippen molar-refractivity contribution in [1.29, 1.82) is 0 Å². The van der Waals surface area contributed by atoms with Crippen molar-refractivity contribution in [1.82, 2.24) is 4.98 Å². The van der Waals surface area contributed by atoms with Gasteiger partial charge >= 0.3 is 12.5 Å². The summed E-state index contributed by atoms with van der Waals surface area (Å²) in [7, 11) is 0. The number of nitrogens with two attached hydrogens (primary N) is 1. The number of alkyl halides is 6. The number of halogens is 6. The third-order valence-corrected chi connectivity index (χ3v) is 1.82. The van der Waals surface area contributed by atoms with Gasteiger partial charge in [0.25, 0.3) is 5.56 Å². The van der Waals surface area contributed by atoms with Crippen molar-refractivity contribution >= 4 is 0 Å². The average molecular weight is 276 g/mol. The van der Waals surface area contributed by atoms with E-state index in [2.05, 4.69) is 4.74 Å². The van der Waals surface area contributed by atoms with E-state index in [0.29, 0.717) is 0 Å². The van der Waals surface area contributed by atoms with Crippen molar-refractivity contribution < 1.29 is 31.1 Å². The normalized spacial score (nSPS) is 12.6. The highest BCUT2D eigenvalue weighted by molar-refractivity contribution is 5.31. The second-order valence-corrected chi connectivity index (χ2v) is 3.10. The Hall–Kier alpha value is -1.71. The van der Waals surface area contributed by atoms with Gasteiger partial charge in [-0.15, -0.1) is 13.2 Å². The Kier molecular flexibility index (Phi) is 3.60. The van der Waals surface area contributed by atoms with Crippen LogP contribution in [-0.2, 0) is 12.7 Å². The predicted octanol–water partition coefficient (Wildman–Crippen LogP) is 1.75. The Morgan fingerprint density at radius 2 is 1.78 bits per heavy atom. The van der Waals surface area contributed by atoms with Gasteiger partial charge in [0.1, 0.15) is 0 Å². The first-order valence-electron chi connectivity index (χ1n) is 4.34. The van der Waals surface area contributed by atoms with Crippen LogP contribution >= 0.6 is 0 Å². The topological polar surface area (TPSA) is 68.1 Å². The molecule has 0 aliphatic carbocycles. The summed E-state index contributed by atoms with van der Waals surface area (Å²) in [5.74, 6) is -1.49. The Labute approximate surface area is 95.4 Å². The van der Waals surface area contributed by atoms with Gasteiger partial charge < -0.3 is 15.5 Å². The maximum atomic E-state index is 12.5. The van der Waals surface area contributed by atoms with E-state index in [1.807, 2.05) is 0 Å². The fourth-order valence-corrected chi connectivity index (χ4v) is 1.16. The molecule has 0 atom stereocenters. The van der Waals surface area contributed by atoms with E-state index < -0.39 is 41.6 Å². The van der Waals surface area contributed by atoms with Gasteiger partial charge in [-0.05, 0) is 0 Å². The first-order valence-corrected chi connectivity index (χ1v) is 4.34. The van der Waals surface area contributed by atoms with E-state index >= 15 is 0 Å². The Bertz CT molecular complexity index is 490. The molecule has 0 amide bonds. The van der Waals surface area contributed by atoms with Crippen LogP contribution in [0.1, 0.15) is 11.3 Å². The van der Waals surface area contributed by atoms with Crippen LogP contribution < -0.4 is 16.0 Å². The average Bonchev–Trinajstić information content (AvgIpc) is 2.16. The summed E-state index contributed by atoms with van der Waals surface area (Å²) in [4.78, 5) is 12.7. The van der Waals surface area contributed by atoms with Crippen LogP contribution in [0.25, 0.3) is 0 Å². The summed E-state index contributed by atoms with van der Waals surface area (Å²) in [6, 6.07) is -0.0332. The van der Waals surface area contributed by atoms with Gasteiger partial charge in [0.2, 0.25) is 0 Å². The third-order valence-electron chi connectivity index (χ3n) is 1.82. The fourth-order valence-electron chi connectivity index (χ4n) is 1.16. The molecule has 0 aromatic carbocycles. The summed E-state index contributed by atoms with van der Waals surface area (Å²) in [6.45, 7) is -0.684. The summed E-state index contributed by atoms with van der Waals surface area (Å²) in [5, 5.41) is 0. The number of aromatic amines is 1. The number of rotatable bonds is 2.